The molecule has 0 amide bonds. The molecular weight excluding hydrogens is 226 g/mol. The summed E-state index contributed by atoms with van der Waals surface area (Å²) in [6.07, 6.45) is 1.56. The van der Waals surface area contributed by atoms with E-state index >= 15 is 0 Å². The van der Waals surface area contributed by atoms with Crippen LogP contribution in [-0.4, -0.2) is 19.2 Å². The van der Waals surface area contributed by atoms with Crippen LogP contribution >= 0.6 is 11.3 Å². The van der Waals surface area contributed by atoms with E-state index < -0.39 is 0 Å². The number of nitrogens with zero attached hydrogens (tertiary/aromatic N) is 1. The highest BCUT2D eigenvalue weighted by Gasteiger charge is 2.08. The molecule has 1 heterocycles. The summed E-state index contributed by atoms with van der Waals surface area (Å²) in [5.74, 6) is 1.91. The van der Waals surface area contributed by atoms with Crippen LogP contribution in [0.25, 0.3) is 0 Å². The maximum atomic E-state index is 5.55. The third-order valence-corrected chi connectivity index (χ3v) is 2.52. The molecule has 16 heavy (non-hydrogen) atoms. The second kappa shape index (κ2) is 4.85. The number of methoxy groups -OCH3 is 2. The van der Waals surface area contributed by atoms with Crippen LogP contribution in [0.2, 0.25) is 0 Å². The molecule has 83 valence electrons. The molecule has 0 bridgehead atoms. The van der Waals surface area contributed by atoms with Crippen molar-refractivity contribution < 1.29 is 14.2 Å². The van der Waals surface area contributed by atoms with Gasteiger partial charge in [-0.15, -0.1) is 0 Å². The van der Waals surface area contributed by atoms with E-state index in [1.807, 2.05) is 0 Å². The minimum Gasteiger partial charge on any atom is -0.497 e. The molecule has 4 nitrogen and oxygen atoms in total. The summed E-state index contributed by atoms with van der Waals surface area (Å²) in [5.41, 5.74) is 0. The molecule has 0 spiro atoms. The van der Waals surface area contributed by atoms with Gasteiger partial charge in [0, 0.05) is 6.07 Å². The number of aromatic nitrogens is 1. The number of rotatable bonds is 4. The van der Waals surface area contributed by atoms with Crippen molar-refractivity contribution in [3.63, 3.8) is 0 Å². The third-order valence-electron chi connectivity index (χ3n) is 1.94. The molecule has 0 saturated heterocycles. The topological polar surface area (TPSA) is 40.6 Å². The normalized spacial score (nSPS) is 9.88. The summed E-state index contributed by atoms with van der Waals surface area (Å²) < 4.78 is 15.8. The minimum absolute atomic E-state index is 0.520. The number of benzene rings is 1. The van der Waals surface area contributed by atoms with Crippen molar-refractivity contribution in [3.05, 3.63) is 29.8 Å². The highest BCUT2D eigenvalue weighted by atomic mass is 32.1. The van der Waals surface area contributed by atoms with E-state index in [4.69, 9.17) is 14.2 Å². The van der Waals surface area contributed by atoms with Crippen molar-refractivity contribution in [3.8, 4) is 22.4 Å². The van der Waals surface area contributed by atoms with Crippen LogP contribution in [0.4, 0.5) is 0 Å². The molecule has 0 N–H and O–H groups in total. The van der Waals surface area contributed by atoms with Gasteiger partial charge in [0.1, 0.15) is 5.75 Å². The number of hydrogen-bond donors (Lipinski definition) is 0. The number of thiazole rings is 1. The zero-order valence-corrected chi connectivity index (χ0v) is 9.71. The molecule has 0 saturated carbocycles. The zero-order chi connectivity index (χ0) is 11.4. The fourth-order valence-corrected chi connectivity index (χ4v) is 1.63. The van der Waals surface area contributed by atoms with Crippen molar-refractivity contribution in [1.82, 2.24) is 4.98 Å². The Kier molecular flexibility index (Phi) is 3.26. The average molecular weight is 236 g/mol. The molecule has 1 aromatic heterocycles. The van der Waals surface area contributed by atoms with Crippen molar-refractivity contribution in [2.24, 2.45) is 0 Å². The van der Waals surface area contributed by atoms with Gasteiger partial charge in [0.2, 0.25) is 0 Å². The first-order chi connectivity index (χ1) is 7.83. The van der Waals surface area contributed by atoms with Gasteiger partial charge >= 0.3 is 0 Å². The minimum atomic E-state index is 0.520. The fraction of sp³-hybridized carbons (Fsp3) is 0.182. The van der Waals surface area contributed by atoms with E-state index in [1.54, 1.807) is 38.6 Å². The number of hydrogen-bond acceptors (Lipinski definition) is 5. The van der Waals surface area contributed by atoms with E-state index in [2.05, 4.69) is 10.4 Å². The Labute approximate surface area is 97.4 Å². The van der Waals surface area contributed by atoms with E-state index in [1.165, 1.54) is 11.3 Å². The Morgan fingerprint density at radius 1 is 1.19 bits per heavy atom. The molecule has 0 aliphatic carbocycles. The van der Waals surface area contributed by atoms with Crippen LogP contribution in [0, 0.1) is 5.38 Å². The van der Waals surface area contributed by atoms with Crippen molar-refractivity contribution >= 4 is 11.3 Å². The van der Waals surface area contributed by atoms with E-state index in [-0.39, 0.29) is 0 Å². The highest BCUT2D eigenvalue weighted by molar-refractivity contribution is 7.10. The first-order valence-corrected chi connectivity index (χ1v) is 5.37. The van der Waals surface area contributed by atoms with Gasteiger partial charge in [-0.3, -0.25) is 0 Å². The Hall–Kier alpha value is -1.75. The van der Waals surface area contributed by atoms with Gasteiger partial charge < -0.3 is 14.2 Å². The van der Waals surface area contributed by atoms with Gasteiger partial charge in [-0.25, -0.2) is 4.98 Å². The van der Waals surface area contributed by atoms with Gasteiger partial charge in [-0.1, -0.05) is 11.3 Å². The highest BCUT2D eigenvalue weighted by Crippen LogP contribution is 2.35. The average Bonchev–Trinajstić information content (AvgIpc) is 2.82. The molecule has 5 heteroatoms. The Bertz CT molecular complexity index is 456. The van der Waals surface area contributed by atoms with Crippen LogP contribution in [0.15, 0.2) is 24.4 Å². The SMILES string of the molecule is COc1ccc(OC)c(Oc2nc[c]s2)c1. The second-order valence-electron chi connectivity index (χ2n) is 2.86. The summed E-state index contributed by atoms with van der Waals surface area (Å²) in [4.78, 5) is 3.99. The molecule has 1 radical (unpaired) electrons. The Morgan fingerprint density at radius 2 is 2.06 bits per heavy atom. The lowest BCUT2D eigenvalue weighted by Crippen LogP contribution is -1.91. The van der Waals surface area contributed by atoms with Crippen LogP contribution in [-0.2, 0) is 0 Å². The van der Waals surface area contributed by atoms with Crippen LogP contribution < -0.4 is 14.2 Å². The van der Waals surface area contributed by atoms with Gasteiger partial charge in [0.05, 0.1) is 25.8 Å². The van der Waals surface area contributed by atoms with Crippen molar-refractivity contribution in [2.45, 2.75) is 0 Å². The van der Waals surface area contributed by atoms with Gasteiger partial charge in [0.25, 0.3) is 5.19 Å². The molecule has 2 aromatic rings. The van der Waals surface area contributed by atoms with Gasteiger partial charge in [0.15, 0.2) is 11.5 Å². The smallest absolute Gasteiger partial charge is 0.279 e. The lowest BCUT2D eigenvalue weighted by Gasteiger charge is -2.09. The quantitative estimate of drug-likeness (QED) is 0.818. The second-order valence-corrected chi connectivity index (χ2v) is 3.65. The first kappa shape index (κ1) is 10.8. The molecule has 1 aromatic carbocycles. The lowest BCUT2D eigenvalue weighted by atomic mass is 10.3. The predicted molar refractivity (Wildman–Crippen MR) is 60.6 cm³/mol. The van der Waals surface area contributed by atoms with Crippen LogP contribution in [0.1, 0.15) is 0 Å². The standard InChI is InChI=1S/C11H10NO3S/c1-13-8-3-4-9(14-2)10(7-8)15-11-12-5-6-16-11/h3-5,7H,1-2H3. The van der Waals surface area contributed by atoms with E-state index in [0.717, 1.165) is 0 Å². The Morgan fingerprint density at radius 3 is 2.69 bits per heavy atom. The van der Waals surface area contributed by atoms with E-state index in [9.17, 15) is 0 Å². The number of ether oxygens (including phenoxy) is 3. The molecule has 0 fully saturated rings. The lowest BCUT2D eigenvalue weighted by molar-refractivity contribution is 0.370. The predicted octanol–water partition coefficient (Wildman–Crippen LogP) is 2.75. The summed E-state index contributed by atoms with van der Waals surface area (Å²) in [6, 6.07) is 5.34. The van der Waals surface area contributed by atoms with Crippen molar-refractivity contribution in [2.75, 3.05) is 14.2 Å². The summed E-state index contributed by atoms with van der Waals surface area (Å²) in [5, 5.41) is 3.37. The summed E-state index contributed by atoms with van der Waals surface area (Å²) in [7, 11) is 3.19. The molecule has 0 aliphatic heterocycles. The first-order valence-electron chi connectivity index (χ1n) is 4.55. The Balaban J connectivity index is 2.30. The third kappa shape index (κ3) is 2.25. The molecule has 0 aliphatic rings. The molecule has 2 rings (SSSR count). The molecular formula is C11H10NO3S. The van der Waals surface area contributed by atoms with E-state index in [0.29, 0.717) is 22.4 Å². The zero-order valence-electron chi connectivity index (χ0n) is 8.89. The molecule has 0 atom stereocenters. The summed E-state index contributed by atoms with van der Waals surface area (Å²) in [6.45, 7) is 0. The van der Waals surface area contributed by atoms with Gasteiger partial charge in [-0.05, 0) is 12.1 Å². The summed E-state index contributed by atoms with van der Waals surface area (Å²) >= 11 is 1.30. The molecule has 0 unspecified atom stereocenters. The van der Waals surface area contributed by atoms with Crippen molar-refractivity contribution in [1.29, 1.82) is 0 Å². The maximum absolute atomic E-state index is 5.55. The monoisotopic (exact) mass is 236 g/mol. The largest absolute Gasteiger partial charge is 0.497 e. The van der Waals surface area contributed by atoms with Gasteiger partial charge in [-0.2, -0.15) is 0 Å². The maximum Gasteiger partial charge on any atom is 0.279 e. The van der Waals surface area contributed by atoms with Crippen LogP contribution in [0.5, 0.6) is 22.4 Å². The van der Waals surface area contributed by atoms with Crippen LogP contribution in [0.3, 0.4) is 0 Å². The fourth-order valence-electron chi connectivity index (χ4n) is 1.19.